The summed E-state index contributed by atoms with van der Waals surface area (Å²) in [5, 5.41) is 12.3. The van der Waals surface area contributed by atoms with Crippen molar-refractivity contribution in [3.05, 3.63) is 0 Å². The number of hydrogen-bond acceptors (Lipinski definition) is 6. The lowest BCUT2D eigenvalue weighted by atomic mass is 9.43. The molecule has 0 bridgehead atoms. The third kappa shape index (κ3) is 2.96. The average molecular weight is 435 g/mol. The molecular formula is C25H38O6. The van der Waals surface area contributed by atoms with Crippen LogP contribution >= 0.6 is 0 Å². The van der Waals surface area contributed by atoms with E-state index in [4.69, 9.17) is 14.2 Å². The van der Waals surface area contributed by atoms with Gasteiger partial charge in [0.1, 0.15) is 6.10 Å². The highest BCUT2D eigenvalue weighted by atomic mass is 16.5. The lowest BCUT2D eigenvalue weighted by Crippen LogP contribution is -2.63. The molecule has 0 aromatic heterocycles. The van der Waals surface area contributed by atoms with Gasteiger partial charge in [-0.2, -0.15) is 0 Å². The van der Waals surface area contributed by atoms with Crippen LogP contribution in [0.15, 0.2) is 0 Å². The van der Waals surface area contributed by atoms with Crippen molar-refractivity contribution in [1.29, 1.82) is 0 Å². The van der Waals surface area contributed by atoms with E-state index in [1.807, 2.05) is 0 Å². The number of fused-ring (bicyclic) bond motifs is 7. The van der Waals surface area contributed by atoms with Gasteiger partial charge < -0.3 is 19.3 Å². The van der Waals surface area contributed by atoms with Gasteiger partial charge in [-0.05, 0) is 68.1 Å². The smallest absolute Gasteiger partial charge is 0.308 e. The van der Waals surface area contributed by atoms with Crippen LogP contribution < -0.4 is 0 Å². The molecule has 31 heavy (non-hydrogen) atoms. The molecule has 0 radical (unpaired) electrons. The summed E-state index contributed by atoms with van der Waals surface area (Å²) in [5.41, 5.74) is -0.727. The first-order chi connectivity index (χ1) is 14.6. The monoisotopic (exact) mass is 434 g/mol. The van der Waals surface area contributed by atoms with Crippen molar-refractivity contribution in [3.8, 4) is 0 Å². The Hall–Kier alpha value is -1.14. The summed E-state index contributed by atoms with van der Waals surface area (Å²) in [5.74, 6) is 1.18. The van der Waals surface area contributed by atoms with Crippen LogP contribution in [-0.2, 0) is 23.8 Å². The Bertz CT molecular complexity index is 767. The summed E-state index contributed by atoms with van der Waals surface area (Å²) >= 11 is 0. The van der Waals surface area contributed by atoms with Crippen LogP contribution in [0.3, 0.4) is 0 Å². The van der Waals surface area contributed by atoms with Gasteiger partial charge in [0.05, 0.1) is 31.3 Å². The minimum Gasteiger partial charge on any atom is -0.469 e. The molecular weight excluding hydrogens is 396 g/mol. The van der Waals surface area contributed by atoms with E-state index < -0.39 is 5.60 Å². The van der Waals surface area contributed by atoms with Crippen LogP contribution in [-0.4, -0.2) is 48.1 Å². The Labute approximate surface area is 185 Å². The summed E-state index contributed by atoms with van der Waals surface area (Å²) in [7, 11) is 1.42. The molecule has 1 aliphatic heterocycles. The number of methoxy groups -OCH3 is 1. The number of hydrogen-bond donors (Lipinski definition) is 1. The Morgan fingerprint density at radius 2 is 1.87 bits per heavy atom. The molecule has 0 spiro atoms. The summed E-state index contributed by atoms with van der Waals surface area (Å²) in [6.45, 7) is 6.20. The lowest BCUT2D eigenvalue weighted by molar-refractivity contribution is -0.236. The molecule has 5 rings (SSSR count). The highest BCUT2D eigenvalue weighted by Gasteiger charge is 2.73. The summed E-state index contributed by atoms with van der Waals surface area (Å²) in [6.07, 6.45) is 8.18. The zero-order valence-corrected chi connectivity index (χ0v) is 19.4. The molecule has 0 aromatic rings. The van der Waals surface area contributed by atoms with Gasteiger partial charge in [-0.25, -0.2) is 0 Å². The van der Waals surface area contributed by atoms with Crippen LogP contribution in [0.5, 0.6) is 0 Å². The Balaban J connectivity index is 1.36. The van der Waals surface area contributed by atoms with Crippen LogP contribution in [0, 0.1) is 34.5 Å². The van der Waals surface area contributed by atoms with Gasteiger partial charge in [-0.15, -0.1) is 0 Å². The van der Waals surface area contributed by atoms with Gasteiger partial charge in [0.2, 0.25) is 0 Å². The summed E-state index contributed by atoms with van der Waals surface area (Å²) < 4.78 is 16.6. The molecule has 1 N–H and O–H groups in total. The molecule has 10 atom stereocenters. The van der Waals surface area contributed by atoms with Gasteiger partial charge in [-0.3, -0.25) is 9.59 Å². The van der Waals surface area contributed by atoms with Crippen LogP contribution in [0.1, 0.15) is 78.6 Å². The average Bonchev–Trinajstić information content (AvgIpc) is 2.88. The van der Waals surface area contributed by atoms with E-state index in [-0.39, 0.29) is 59.3 Å². The zero-order valence-electron chi connectivity index (χ0n) is 19.4. The van der Waals surface area contributed by atoms with Gasteiger partial charge in [-0.1, -0.05) is 13.8 Å². The van der Waals surface area contributed by atoms with Gasteiger partial charge >= 0.3 is 11.9 Å². The fraction of sp³-hybridized carbons (Fsp3) is 0.920. The molecule has 0 amide bonds. The van der Waals surface area contributed by atoms with E-state index in [0.717, 1.165) is 44.9 Å². The largest absolute Gasteiger partial charge is 0.469 e. The maximum atomic E-state index is 12.3. The fourth-order valence-corrected chi connectivity index (χ4v) is 9.01. The van der Waals surface area contributed by atoms with Gasteiger partial charge in [0, 0.05) is 24.7 Å². The van der Waals surface area contributed by atoms with Crippen LogP contribution in [0.2, 0.25) is 0 Å². The van der Waals surface area contributed by atoms with E-state index in [2.05, 4.69) is 13.8 Å². The minimum absolute atomic E-state index is 0.0545. The topological polar surface area (TPSA) is 82.1 Å². The van der Waals surface area contributed by atoms with E-state index in [0.29, 0.717) is 18.3 Å². The van der Waals surface area contributed by atoms with Crippen LogP contribution in [0.25, 0.3) is 0 Å². The zero-order chi connectivity index (χ0) is 22.2. The number of aliphatic hydroxyl groups is 1. The third-order valence-electron chi connectivity index (χ3n) is 10.5. The van der Waals surface area contributed by atoms with Crippen molar-refractivity contribution in [3.63, 3.8) is 0 Å². The quantitative estimate of drug-likeness (QED) is 0.683. The number of ether oxygens (including phenoxy) is 3. The Morgan fingerprint density at radius 1 is 1.10 bits per heavy atom. The summed E-state index contributed by atoms with van der Waals surface area (Å²) in [6, 6.07) is 0. The second kappa shape index (κ2) is 7.18. The van der Waals surface area contributed by atoms with Crippen molar-refractivity contribution < 1.29 is 28.9 Å². The highest BCUT2D eigenvalue weighted by molar-refractivity contribution is 5.70. The standard InChI is InChI=1S/C25H38O6/c1-14(26)30-16-7-9-23(2)15(11-16)5-6-18-17(23)8-10-24(3)22-19(12-21(27)29-4)31-20(22)13-25(18,24)28/h15-20,22,28H,5-13H2,1-4H3/t15?,16?,17?,18?,19-,20?,22?,23?,24?,25?/m0/s1. The number of carbonyl (C=O) groups is 2. The van der Waals surface area contributed by atoms with E-state index >= 15 is 0 Å². The normalized spacial score (nSPS) is 52.6. The van der Waals surface area contributed by atoms with E-state index in [1.165, 1.54) is 14.0 Å². The van der Waals surface area contributed by atoms with Crippen molar-refractivity contribution >= 4 is 11.9 Å². The SMILES string of the molecule is COC(=O)C[C@@H]1OC2CC3(O)C4CCC5CC(OC(C)=O)CCC5(C)C4CCC3(C)C21. The van der Waals surface area contributed by atoms with Crippen molar-refractivity contribution in [2.24, 2.45) is 34.5 Å². The number of carbonyl (C=O) groups excluding carboxylic acids is 2. The maximum absolute atomic E-state index is 12.3. The molecule has 1 heterocycles. The third-order valence-corrected chi connectivity index (χ3v) is 10.5. The first-order valence-corrected chi connectivity index (χ1v) is 12.2. The molecule has 5 fully saturated rings. The van der Waals surface area contributed by atoms with Crippen molar-refractivity contribution in [2.45, 2.75) is 102 Å². The van der Waals surface area contributed by atoms with Crippen molar-refractivity contribution in [1.82, 2.24) is 0 Å². The molecule has 4 aliphatic carbocycles. The highest BCUT2D eigenvalue weighted by Crippen LogP contribution is 2.71. The van der Waals surface area contributed by atoms with Gasteiger partial charge in [0.15, 0.2) is 0 Å². The van der Waals surface area contributed by atoms with E-state index in [1.54, 1.807) is 0 Å². The number of rotatable bonds is 3. The predicted molar refractivity (Wildman–Crippen MR) is 113 cm³/mol. The minimum atomic E-state index is -0.725. The molecule has 5 aliphatic rings. The van der Waals surface area contributed by atoms with E-state index in [9.17, 15) is 14.7 Å². The van der Waals surface area contributed by atoms with Crippen molar-refractivity contribution in [2.75, 3.05) is 7.11 Å². The molecule has 9 unspecified atom stereocenters. The molecule has 6 nitrogen and oxygen atoms in total. The first-order valence-electron chi connectivity index (χ1n) is 12.2. The lowest BCUT2D eigenvalue weighted by Gasteiger charge is -2.64. The first kappa shape index (κ1) is 21.7. The molecule has 6 heteroatoms. The summed E-state index contributed by atoms with van der Waals surface area (Å²) in [4.78, 5) is 23.3. The second-order valence-corrected chi connectivity index (χ2v) is 11.6. The molecule has 174 valence electrons. The molecule has 1 saturated heterocycles. The Morgan fingerprint density at radius 3 is 2.58 bits per heavy atom. The maximum Gasteiger partial charge on any atom is 0.308 e. The molecule has 4 saturated carbocycles. The predicted octanol–water partition coefficient (Wildman–Crippen LogP) is 3.63. The van der Waals surface area contributed by atoms with Gasteiger partial charge in [0.25, 0.3) is 0 Å². The number of esters is 2. The van der Waals surface area contributed by atoms with Crippen LogP contribution in [0.4, 0.5) is 0 Å². The fourth-order valence-electron chi connectivity index (χ4n) is 9.01. The second-order valence-electron chi connectivity index (χ2n) is 11.6. The molecule has 0 aromatic carbocycles. The Kier molecular flexibility index (Phi) is 5.02.